The van der Waals surface area contributed by atoms with E-state index in [-0.39, 0.29) is 0 Å². The van der Waals surface area contributed by atoms with E-state index in [0.717, 1.165) is 30.2 Å². The highest BCUT2D eigenvalue weighted by Crippen LogP contribution is 2.25. The number of anilines is 1. The van der Waals surface area contributed by atoms with Crippen molar-refractivity contribution in [2.45, 2.75) is 0 Å². The zero-order valence-electron chi connectivity index (χ0n) is 11.8. The van der Waals surface area contributed by atoms with Crippen LogP contribution >= 0.6 is 11.6 Å². The fourth-order valence-electron chi connectivity index (χ4n) is 2.61. The lowest BCUT2D eigenvalue weighted by Gasteiger charge is -2.29. The van der Waals surface area contributed by atoms with Crippen LogP contribution < -0.4 is 4.90 Å². The van der Waals surface area contributed by atoms with Crippen LogP contribution in [0.15, 0.2) is 36.8 Å². The normalized spacial score (nSPS) is 15.4. The summed E-state index contributed by atoms with van der Waals surface area (Å²) in [5, 5.41) is 0.442. The minimum Gasteiger partial charge on any atom is -0.378 e. The number of imidazole rings is 1. The summed E-state index contributed by atoms with van der Waals surface area (Å²) < 4.78 is 7.39. The van der Waals surface area contributed by atoms with E-state index < -0.39 is 0 Å². The van der Waals surface area contributed by atoms with Crippen LogP contribution in [0.4, 0.5) is 5.82 Å². The van der Waals surface area contributed by atoms with Gasteiger partial charge in [-0.25, -0.2) is 9.97 Å². The number of fused-ring (bicyclic) bond motifs is 1. The Balaban J connectivity index is 1.84. The highest BCUT2D eigenvalue weighted by molar-refractivity contribution is 6.29. The molecule has 1 aliphatic heterocycles. The van der Waals surface area contributed by atoms with Gasteiger partial charge >= 0.3 is 0 Å². The van der Waals surface area contributed by atoms with E-state index in [0.29, 0.717) is 24.1 Å². The highest BCUT2D eigenvalue weighted by Gasteiger charge is 2.17. The Morgan fingerprint density at radius 3 is 2.82 bits per heavy atom. The largest absolute Gasteiger partial charge is 0.378 e. The van der Waals surface area contributed by atoms with E-state index >= 15 is 0 Å². The third kappa shape index (κ3) is 2.40. The molecule has 0 spiro atoms. The zero-order chi connectivity index (χ0) is 14.9. The standard InChI is InChI=1S/C15H14ClN5O/c16-13-8-14(20-4-6-22-7-5-20)21-10-12(18-15(21)19-13)11-2-1-3-17-9-11/h1-3,8-10H,4-7H2. The number of hydrogen-bond acceptors (Lipinski definition) is 5. The Hall–Kier alpha value is -2.18. The first-order valence-electron chi connectivity index (χ1n) is 7.10. The molecule has 3 aromatic rings. The Bertz CT molecular complexity index is 798. The van der Waals surface area contributed by atoms with Gasteiger partial charge in [-0.2, -0.15) is 0 Å². The maximum absolute atomic E-state index is 6.16. The van der Waals surface area contributed by atoms with Crippen molar-refractivity contribution in [1.29, 1.82) is 0 Å². The van der Waals surface area contributed by atoms with Gasteiger partial charge in [0.2, 0.25) is 5.78 Å². The molecule has 0 N–H and O–H groups in total. The van der Waals surface area contributed by atoms with Gasteiger partial charge in [-0.15, -0.1) is 0 Å². The van der Waals surface area contributed by atoms with Crippen LogP contribution in [0.3, 0.4) is 0 Å². The molecular formula is C15H14ClN5O. The van der Waals surface area contributed by atoms with Gasteiger partial charge in [0.05, 0.1) is 18.9 Å². The van der Waals surface area contributed by atoms with E-state index in [4.69, 9.17) is 16.3 Å². The van der Waals surface area contributed by atoms with Gasteiger partial charge in [0.1, 0.15) is 11.0 Å². The number of nitrogens with zero attached hydrogens (tertiary/aromatic N) is 5. The molecule has 0 atom stereocenters. The summed E-state index contributed by atoms with van der Waals surface area (Å²) >= 11 is 6.16. The van der Waals surface area contributed by atoms with Gasteiger partial charge in [-0.3, -0.25) is 9.38 Å². The third-order valence-electron chi connectivity index (χ3n) is 3.68. The molecule has 0 amide bonds. The highest BCUT2D eigenvalue weighted by atomic mass is 35.5. The second-order valence-electron chi connectivity index (χ2n) is 5.07. The first-order valence-corrected chi connectivity index (χ1v) is 7.48. The van der Waals surface area contributed by atoms with Gasteiger partial charge in [0.25, 0.3) is 0 Å². The number of hydrogen-bond donors (Lipinski definition) is 0. The average Bonchev–Trinajstić information content (AvgIpc) is 2.99. The maximum Gasteiger partial charge on any atom is 0.237 e. The van der Waals surface area contributed by atoms with Crippen LogP contribution in [0.1, 0.15) is 0 Å². The van der Waals surface area contributed by atoms with Gasteiger partial charge in [-0.05, 0) is 12.1 Å². The molecule has 4 heterocycles. The SMILES string of the molecule is Clc1cc(N2CCOCC2)n2cc(-c3cccnc3)nc2n1. The average molecular weight is 316 g/mol. The van der Waals surface area contributed by atoms with E-state index in [1.807, 2.05) is 28.8 Å². The Morgan fingerprint density at radius 2 is 2.05 bits per heavy atom. The molecule has 1 fully saturated rings. The molecule has 1 aliphatic rings. The Labute approximate surface area is 132 Å². The molecule has 6 nitrogen and oxygen atoms in total. The lowest BCUT2D eigenvalue weighted by molar-refractivity contribution is 0.122. The number of morpholine rings is 1. The first-order chi connectivity index (χ1) is 10.8. The lowest BCUT2D eigenvalue weighted by atomic mass is 10.2. The van der Waals surface area contributed by atoms with Gasteiger partial charge in [0.15, 0.2) is 0 Å². The van der Waals surface area contributed by atoms with Crippen molar-refractivity contribution in [3.8, 4) is 11.3 Å². The van der Waals surface area contributed by atoms with Crippen molar-refractivity contribution < 1.29 is 4.74 Å². The quantitative estimate of drug-likeness (QED) is 0.679. The van der Waals surface area contributed by atoms with Gasteiger partial charge < -0.3 is 9.64 Å². The fraction of sp³-hybridized carbons (Fsp3) is 0.267. The summed E-state index contributed by atoms with van der Waals surface area (Å²) in [6.45, 7) is 3.09. The summed E-state index contributed by atoms with van der Waals surface area (Å²) in [5.74, 6) is 1.58. The zero-order valence-corrected chi connectivity index (χ0v) is 12.6. The van der Waals surface area contributed by atoms with Crippen molar-refractivity contribution in [2.75, 3.05) is 31.2 Å². The molecule has 3 aromatic heterocycles. The van der Waals surface area contributed by atoms with Crippen molar-refractivity contribution in [3.63, 3.8) is 0 Å². The summed E-state index contributed by atoms with van der Waals surface area (Å²) in [5.41, 5.74) is 1.79. The van der Waals surface area contributed by atoms with Crippen molar-refractivity contribution in [3.05, 3.63) is 41.9 Å². The third-order valence-corrected chi connectivity index (χ3v) is 3.88. The molecule has 0 unspecified atom stereocenters. The summed E-state index contributed by atoms with van der Waals surface area (Å²) in [7, 11) is 0. The van der Waals surface area contributed by atoms with Crippen LogP contribution in [-0.4, -0.2) is 45.7 Å². The van der Waals surface area contributed by atoms with E-state index in [9.17, 15) is 0 Å². The smallest absolute Gasteiger partial charge is 0.237 e. The molecular weight excluding hydrogens is 302 g/mol. The topological polar surface area (TPSA) is 55.6 Å². The van der Waals surface area contributed by atoms with Crippen molar-refractivity contribution in [1.82, 2.24) is 19.4 Å². The molecule has 1 saturated heterocycles. The summed E-state index contributed by atoms with van der Waals surface area (Å²) in [4.78, 5) is 15.3. The number of aromatic nitrogens is 4. The second kappa shape index (κ2) is 5.55. The van der Waals surface area contributed by atoms with E-state index in [2.05, 4.69) is 19.9 Å². The molecule has 0 saturated carbocycles. The summed E-state index contributed by atoms with van der Waals surface area (Å²) in [6, 6.07) is 5.74. The van der Waals surface area contributed by atoms with Crippen LogP contribution in [0.2, 0.25) is 5.15 Å². The molecule has 0 aromatic carbocycles. The molecule has 0 bridgehead atoms. The molecule has 0 radical (unpaired) electrons. The monoisotopic (exact) mass is 315 g/mol. The van der Waals surface area contributed by atoms with Crippen molar-refractivity contribution in [2.24, 2.45) is 0 Å². The molecule has 0 aliphatic carbocycles. The number of halogens is 1. The predicted molar refractivity (Wildman–Crippen MR) is 84.3 cm³/mol. The van der Waals surface area contributed by atoms with Gasteiger partial charge in [-0.1, -0.05) is 11.6 Å². The van der Waals surface area contributed by atoms with E-state index in [1.54, 1.807) is 12.4 Å². The Kier molecular flexibility index (Phi) is 3.40. The van der Waals surface area contributed by atoms with Crippen LogP contribution in [0.25, 0.3) is 17.0 Å². The molecule has 112 valence electrons. The van der Waals surface area contributed by atoms with Crippen molar-refractivity contribution >= 4 is 23.2 Å². The second-order valence-corrected chi connectivity index (χ2v) is 5.46. The first kappa shape index (κ1) is 13.5. The molecule has 22 heavy (non-hydrogen) atoms. The minimum atomic E-state index is 0.442. The number of ether oxygens (including phenoxy) is 1. The molecule has 7 heteroatoms. The number of rotatable bonds is 2. The lowest BCUT2D eigenvalue weighted by Crippen LogP contribution is -2.37. The van der Waals surface area contributed by atoms with Crippen LogP contribution in [0, 0.1) is 0 Å². The minimum absolute atomic E-state index is 0.442. The van der Waals surface area contributed by atoms with Crippen LogP contribution in [0.5, 0.6) is 0 Å². The predicted octanol–water partition coefficient (Wildman–Crippen LogP) is 2.28. The van der Waals surface area contributed by atoms with E-state index in [1.165, 1.54) is 0 Å². The number of pyridine rings is 1. The summed E-state index contributed by atoms with van der Waals surface area (Å²) in [6.07, 6.45) is 5.51. The Morgan fingerprint density at radius 1 is 1.18 bits per heavy atom. The van der Waals surface area contributed by atoms with Gasteiger partial charge in [0, 0.05) is 43.3 Å². The molecule has 4 rings (SSSR count). The maximum atomic E-state index is 6.16. The fourth-order valence-corrected chi connectivity index (χ4v) is 2.78. The van der Waals surface area contributed by atoms with Crippen LogP contribution in [-0.2, 0) is 4.74 Å².